The number of hydrogen-bond acceptors (Lipinski definition) is 8. The van der Waals surface area contributed by atoms with Crippen LogP contribution in [0.4, 0.5) is 0 Å². The van der Waals surface area contributed by atoms with Crippen LogP contribution in [-0.4, -0.2) is 82.4 Å². The smallest absolute Gasteiger partial charge is 0.326 e. The summed E-state index contributed by atoms with van der Waals surface area (Å²) in [6.45, 7) is 3.24. The van der Waals surface area contributed by atoms with E-state index in [2.05, 4.69) is 28.2 Å². The van der Waals surface area contributed by atoms with Gasteiger partial charge in [0.15, 0.2) is 0 Å². The highest BCUT2D eigenvalue weighted by Gasteiger charge is 2.26. The maximum absolute atomic E-state index is 12.5. The highest BCUT2D eigenvalue weighted by atomic mass is 16.4. The summed E-state index contributed by atoms with van der Waals surface area (Å²) >= 11 is 0. The van der Waals surface area contributed by atoms with Crippen molar-refractivity contribution >= 4 is 41.5 Å². The van der Waals surface area contributed by atoms with Crippen molar-refractivity contribution in [3.63, 3.8) is 0 Å². The molecule has 4 atom stereocenters. The lowest BCUT2D eigenvalue weighted by molar-refractivity contribution is -0.143. The van der Waals surface area contributed by atoms with E-state index in [9.17, 15) is 43.8 Å². The van der Waals surface area contributed by atoms with Crippen molar-refractivity contribution in [3.05, 3.63) is 0 Å². The average molecular weight is 629 g/mol. The molecule has 0 aromatic heterocycles. The van der Waals surface area contributed by atoms with Crippen LogP contribution in [0.3, 0.4) is 0 Å². The van der Waals surface area contributed by atoms with Gasteiger partial charge in [0.1, 0.15) is 24.2 Å². The number of hydrogen-bond donors (Lipinski definition) is 8. The fourth-order valence-electron chi connectivity index (χ4n) is 4.39. The second kappa shape index (κ2) is 23.7. The van der Waals surface area contributed by atoms with Crippen molar-refractivity contribution in [2.24, 2.45) is 11.5 Å². The zero-order chi connectivity index (χ0) is 33.5. The molecule has 0 aliphatic heterocycles. The van der Waals surface area contributed by atoms with Gasteiger partial charge in [-0.25, -0.2) is 9.59 Å². The number of primary amides is 1. The molecule has 0 saturated heterocycles. The van der Waals surface area contributed by atoms with Crippen molar-refractivity contribution in [1.82, 2.24) is 21.3 Å². The van der Waals surface area contributed by atoms with Crippen LogP contribution >= 0.6 is 0 Å². The summed E-state index contributed by atoms with van der Waals surface area (Å²) in [5, 5.41) is 28.4. The predicted molar refractivity (Wildman–Crippen MR) is 162 cm³/mol. The quantitative estimate of drug-likeness (QED) is 0.0612. The molecule has 15 heteroatoms. The van der Waals surface area contributed by atoms with E-state index in [0.717, 1.165) is 19.3 Å². The lowest BCUT2D eigenvalue weighted by Crippen LogP contribution is -2.50. The van der Waals surface area contributed by atoms with Crippen molar-refractivity contribution < 1.29 is 43.8 Å². The van der Waals surface area contributed by atoms with E-state index in [-0.39, 0.29) is 44.6 Å². The van der Waals surface area contributed by atoms with Gasteiger partial charge >= 0.3 is 11.9 Å². The van der Waals surface area contributed by atoms with Crippen LogP contribution in [0, 0.1) is 0 Å². The number of amides is 5. The molecule has 0 aliphatic rings. The van der Waals surface area contributed by atoms with Gasteiger partial charge in [0.25, 0.3) is 0 Å². The summed E-state index contributed by atoms with van der Waals surface area (Å²) in [5.41, 5.74) is 10.4. The van der Waals surface area contributed by atoms with Crippen molar-refractivity contribution in [2.45, 2.75) is 134 Å². The number of carboxylic acid groups (broad SMARTS) is 2. The Labute approximate surface area is 259 Å². The zero-order valence-electron chi connectivity index (χ0n) is 26.0. The summed E-state index contributed by atoms with van der Waals surface area (Å²) in [4.78, 5) is 83.3. The Kier molecular flexibility index (Phi) is 21.7. The van der Waals surface area contributed by atoms with Gasteiger partial charge in [-0.3, -0.25) is 24.0 Å². The summed E-state index contributed by atoms with van der Waals surface area (Å²) < 4.78 is 0. The monoisotopic (exact) mass is 628 g/mol. The Morgan fingerprint density at radius 2 is 1.07 bits per heavy atom. The Morgan fingerprint density at radius 3 is 1.59 bits per heavy atom. The lowest BCUT2D eigenvalue weighted by Gasteiger charge is -2.20. The van der Waals surface area contributed by atoms with Gasteiger partial charge in [-0.1, -0.05) is 58.3 Å². The summed E-state index contributed by atoms with van der Waals surface area (Å²) in [6, 6.07) is -4.85. The van der Waals surface area contributed by atoms with E-state index in [0.29, 0.717) is 6.42 Å². The molecule has 15 nitrogen and oxygen atoms in total. The van der Waals surface area contributed by atoms with Crippen LogP contribution < -0.4 is 32.7 Å². The fourth-order valence-corrected chi connectivity index (χ4v) is 4.39. The molecule has 44 heavy (non-hydrogen) atoms. The van der Waals surface area contributed by atoms with Crippen molar-refractivity contribution in [2.75, 3.05) is 6.54 Å². The van der Waals surface area contributed by atoms with E-state index in [1.807, 2.05) is 0 Å². The molecular weight excluding hydrogens is 576 g/mol. The fraction of sp³-hybridized carbons (Fsp3) is 0.759. The van der Waals surface area contributed by atoms with Crippen LogP contribution in [0.2, 0.25) is 0 Å². The van der Waals surface area contributed by atoms with Crippen molar-refractivity contribution in [1.29, 1.82) is 0 Å². The molecule has 0 rings (SSSR count). The summed E-state index contributed by atoms with van der Waals surface area (Å²) in [7, 11) is 0. The normalized spacial score (nSPS) is 13.5. The molecule has 0 aliphatic carbocycles. The van der Waals surface area contributed by atoms with E-state index >= 15 is 0 Å². The molecule has 0 bridgehead atoms. The zero-order valence-corrected chi connectivity index (χ0v) is 26.0. The van der Waals surface area contributed by atoms with Crippen molar-refractivity contribution in [3.8, 4) is 0 Å². The lowest BCUT2D eigenvalue weighted by atomic mass is 10.0. The Bertz CT molecular complexity index is 946. The number of carbonyl (C=O) groups is 7. The minimum atomic E-state index is -1.45. The highest BCUT2D eigenvalue weighted by Crippen LogP contribution is 2.11. The maximum atomic E-state index is 12.5. The first-order valence-corrected chi connectivity index (χ1v) is 15.5. The van der Waals surface area contributed by atoms with E-state index in [4.69, 9.17) is 11.5 Å². The van der Waals surface area contributed by atoms with Crippen LogP contribution in [0.25, 0.3) is 0 Å². The highest BCUT2D eigenvalue weighted by molar-refractivity contribution is 5.90. The molecule has 0 saturated carbocycles. The first kappa shape index (κ1) is 40.2. The summed E-state index contributed by atoms with van der Waals surface area (Å²) in [5.74, 6) is -5.98. The molecule has 0 spiro atoms. The molecule has 0 heterocycles. The number of nitrogens with two attached hydrogens (primary N) is 2. The third-order valence-corrected chi connectivity index (χ3v) is 7.04. The molecule has 10 N–H and O–H groups in total. The first-order valence-electron chi connectivity index (χ1n) is 15.5. The van der Waals surface area contributed by atoms with Gasteiger partial charge in [0, 0.05) is 12.8 Å². The third kappa shape index (κ3) is 19.4. The topological polar surface area (TPSA) is 260 Å². The van der Waals surface area contributed by atoms with Gasteiger partial charge in [0.2, 0.25) is 29.5 Å². The molecule has 0 aromatic rings. The second-order valence-corrected chi connectivity index (χ2v) is 10.9. The molecule has 0 fully saturated rings. The number of carbonyl (C=O) groups excluding carboxylic acids is 5. The van der Waals surface area contributed by atoms with E-state index in [1.54, 1.807) is 0 Å². The standard InChI is InChI=1S/C29H52N6O9/c1-3-4-5-6-7-8-9-10-11-15-23(36)32-19(2)27(40)35-22(29(43)44)16-17-24(37)34-21(28(41)42)14-12-13-20(26(31)39)33-25(38)18-30/h19-22H,3-18,30H2,1-2H3,(H2,31,39)(H,32,36)(H,33,38)(H,34,37)(H,35,40)(H,41,42)(H,43,44)/t19-,20-,21+,22+/m0/s1. The van der Waals surface area contributed by atoms with E-state index < -0.39 is 66.2 Å². The Balaban J connectivity index is 4.59. The number of unbranched alkanes of at least 4 members (excludes halogenated alkanes) is 8. The average Bonchev–Trinajstić information content (AvgIpc) is 2.96. The Hall–Kier alpha value is -3.75. The van der Waals surface area contributed by atoms with Gasteiger partial charge in [-0.05, 0) is 39.0 Å². The Morgan fingerprint density at radius 1 is 0.591 bits per heavy atom. The molecule has 0 radical (unpaired) electrons. The maximum Gasteiger partial charge on any atom is 0.326 e. The van der Waals surface area contributed by atoms with Gasteiger partial charge in [0.05, 0.1) is 6.54 Å². The molecule has 5 amide bonds. The van der Waals surface area contributed by atoms with Crippen LogP contribution in [-0.2, 0) is 33.6 Å². The van der Waals surface area contributed by atoms with E-state index in [1.165, 1.54) is 39.0 Å². The van der Waals surface area contributed by atoms with Gasteiger partial charge < -0.3 is 42.9 Å². The number of rotatable bonds is 26. The van der Waals surface area contributed by atoms with Crippen LogP contribution in [0.15, 0.2) is 0 Å². The van der Waals surface area contributed by atoms with Crippen LogP contribution in [0.1, 0.15) is 110 Å². The predicted octanol–water partition coefficient (Wildman–Crippen LogP) is 0.430. The first-order chi connectivity index (χ1) is 20.8. The third-order valence-electron chi connectivity index (χ3n) is 7.04. The molecule has 0 unspecified atom stereocenters. The van der Waals surface area contributed by atoms with Gasteiger partial charge in [-0.2, -0.15) is 0 Å². The van der Waals surface area contributed by atoms with Gasteiger partial charge in [-0.15, -0.1) is 0 Å². The SMILES string of the molecule is CCCCCCCCCCCC(=O)N[C@@H](C)C(=O)N[C@H](CCC(=O)N[C@H](CCC[C@H](NC(=O)CN)C(N)=O)C(=O)O)C(=O)O. The second-order valence-electron chi connectivity index (χ2n) is 10.9. The number of aliphatic carboxylic acids is 2. The van der Waals surface area contributed by atoms with Crippen LogP contribution in [0.5, 0.6) is 0 Å². The molecule has 0 aromatic carbocycles. The number of nitrogens with one attached hydrogen (secondary N) is 4. The minimum absolute atomic E-state index is 0.0156. The molecular formula is C29H52N6O9. The summed E-state index contributed by atoms with van der Waals surface area (Å²) in [6.07, 6.45) is 9.45. The number of carboxylic acids is 2. The minimum Gasteiger partial charge on any atom is -0.480 e. The largest absolute Gasteiger partial charge is 0.480 e. The molecule has 252 valence electrons.